The summed E-state index contributed by atoms with van der Waals surface area (Å²) in [5, 5.41) is 0. The molecule has 2 aromatic carbocycles. The highest BCUT2D eigenvalue weighted by Crippen LogP contribution is 2.41. The lowest BCUT2D eigenvalue weighted by Gasteiger charge is -2.27. The molecular formula is C24H25N2+. The first-order valence-corrected chi connectivity index (χ1v) is 9.08. The van der Waals surface area contributed by atoms with Gasteiger partial charge in [-0.3, -0.25) is 0 Å². The van der Waals surface area contributed by atoms with Gasteiger partial charge in [0.2, 0.25) is 0 Å². The molecule has 0 unspecified atom stereocenters. The van der Waals surface area contributed by atoms with Crippen molar-refractivity contribution in [3.05, 3.63) is 94.6 Å². The normalized spacial score (nSPS) is 15.4. The number of nitrogens with zero attached hydrogens (tertiary/aromatic N) is 2. The molecule has 0 aromatic heterocycles. The summed E-state index contributed by atoms with van der Waals surface area (Å²) < 4.78 is 2.17. The van der Waals surface area contributed by atoms with Crippen molar-refractivity contribution in [2.45, 2.75) is 6.42 Å². The van der Waals surface area contributed by atoms with E-state index in [0.29, 0.717) is 0 Å². The van der Waals surface area contributed by atoms with Crippen LogP contribution in [0.25, 0.3) is 5.57 Å². The Morgan fingerprint density at radius 3 is 2.38 bits per heavy atom. The van der Waals surface area contributed by atoms with E-state index in [4.69, 9.17) is 0 Å². The molecule has 0 N–H and O–H groups in total. The average molecular weight is 341 g/mol. The summed E-state index contributed by atoms with van der Waals surface area (Å²) in [6.45, 7) is 0. The molecule has 2 aromatic rings. The number of fused-ring (bicyclic) bond motifs is 2. The second-order valence-corrected chi connectivity index (χ2v) is 7.39. The quantitative estimate of drug-likeness (QED) is 0.737. The summed E-state index contributed by atoms with van der Waals surface area (Å²) in [6.07, 6.45) is 7.82. The molecule has 0 atom stereocenters. The van der Waals surface area contributed by atoms with E-state index < -0.39 is 0 Å². The molecular weight excluding hydrogens is 316 g/mol. The van der Waals surface area contributed by atoms with Crippen LogP contribution in [0.1, 0.15) is 16.7 Å². The lowest BCUT2D eigenvalue weighted by atomic mass is 9.77. The first kappa shape index (κ1) is 16.6. The predicted molar refractivity (Wildman–Crippen MR) is 111 cm³/mol. The van der Waals surface area contributed by atoms with Crippen LogP contribution in [0.4, 0.5) is 5.69 Å². The lowest BCUT2D eigenvalue weighted by Crippen LogP contribution is -2.17. The average Bonchev–Trinajstić information content (AvgIpc) is 2.65. The third-order valence-corrected chi connectivity index (χ3v) is 5.19. The smallest absolute Gasteiger partial charge is 0.199 e. The van der Waals surface area contributed by atoms with E-state index in [9.17, 15) is 0 Å². The minimum absolute atomic E-state index is 0.977. The maximum atomic E-state index is 2.34. The Bertz CT molecular complexity index is 982. The first-order valence-electron chi connectivity index (χ1n) is 9.08. The van der Waals surface area contributed by atoms with Gasteiger partial charge in [-0.2, -0.15) is 0 Å². The molecule has 0 aliphatic heterocycles. The van der Waals surface area contributed by atoms with Crippen LogP contribution in [0, 0.1) is 0 Å². The Labute approximate surface area is 156 Å². The molecule has 0 bridgehead atoms. The predicted octanol–water partition coefficient (Wildman–Crippen LogP) is 4.32. The second-order valence-electron chi connectivity index (χ2n) is 7.39. The van der Waals surface area contributed by atoms with Crippen molar-refractivity contribution in [3.63, 3.8) is 0 Å². The first-order chi connectivity index (χ1) is 12.5. The molecule has 0 heterocycles. The van der Waals surface area contributed by atoms with Crippen molar-refractivity contribution < 1.29 is 4.58 Å². The van der Waals surface area contributed by atoms with Gasteiger partial charge in [0.1, 0.15) is 14.1 Å². The number of rotatable bonds is 2. The fourth-order valence-electron chi connectivity index (χ4n) is 3.76. The molecule has 130 valence electrons. The van der Waals surface area contributed by atoms with Gasteiger partial charge in [0.25, 0.3) is 0 Å². The van der Waals surface area contributed by atoms with Gasteiger partial charge in [-0.05, 0) is 58.0 Å². The summed E-state index contributed by atoms with van der Waals surface area (Å²) in [5.41, 5.74) is 10.6. The van der Waals surface area contributed by atoms with Crippen molar-refractivity contribution in [3.8, 4) is 0 Å². The molecule has 0 fully saturated rings. The largest absolute Gasteiger partial charge is 0.378 e. The Balaban J connectivity index is 1.98. The Hall–Kier alpha value is -2.87. The molecule has 0 saturated carbocycles. The van der Waals surface area contributed by atoms with Gasteiger partial charge in [0.05, 0.1) is 0 Å². The van der Waals surface area contributed by atoms with E-state index in [1.807, 2.05) is 0 Å². The van der Waals surface area contributed by atoms with Crippen LogP contribution in [-0.2, 0) is 6.42 Å². The lowest BCUT2D eigenvalue weighted by molar-refractivity contribution is -0.462. The third-order valence-electron chi connectivity index (χ3n) is 5.19. The van der Waals surface area contributed by atoms with E-state index in [2.05, 4.69) is 104 Å². The van der Waals surface area contributed by atoms with Gasteiger partial charge in [-0.15, -0.1) is 0 Å². The van der Waals surface area contributed by atoms with Crippen LogP contribution in [0.5, 0.6) is 0 Å². The molecule has 0 saturated heterocycles. The molecule has 4 rings (SSSR count). The Morgan fingerprint density at radius 2 is 1.69 bits per heavy atom. The van der Waals surface area contributed by atoms with Gasteiger partial charge in [-0.1, -0.05) is 36.4 Å². The molecule has 2 aliphatic rings. The molecule has 2 nitrogen and oxygen atoms in total. The van der Waals surface area contributed by atoms with Crippen molar-refractivity contribution in [2.75, 3.05) is 33.1 Å². The summed E-state index contributed by atoms with van der Waals surface area (Å²) in [4.78, 5) is 2.17. The van der Waals surface area contributed by atoms with Crippen molar-refractivity contribution in [2.24, 2.45) is 0 Å². The van der Waals surface area contributed by atoms with Crippen LogP contribution in [0.3, 0.4) is 0 Å². The Morgan fingerprint density at radius 1 is 0.923 bits per heavy atom. The van der Waals surface area contributed by atoms with Crippen molar-refractivity contribution in [1.29, 1.82) is 0 Å². The van der Waals surface area contributed by atoms with Crippen LogP contribution >= 0.6 is 0 Å². The molecule has 26 heavy (non-hydrogen) atoms. The molecule has 0 amide bonds. The SMILES string of the molecule is CN(C)c1ccc2c(c1)CC1=CC(=[N+](C)C)C=CC1=C2c1ccccc1. The molecule has 0 radical (unpaired) electrons. The van der Waals surface area contributed by atoms with Gasteiger partial charge in [0.15, 0.2) is 5.71 Å². The van der Waals surface area contributed by atoms with E-state index >= 15 is 0 Å². The van der Waals surface area contributed by atoms with Gasteiger partial charge in [0, 0.05) is 31.9 Å². The van der Waals surface area contributed by atoms with Crippen LogP contribution in [0.15, 0.2) is 77.9 Å². The van der Waals surface area contributed by atoms with Gasteiger partial charge >= 0.3 is 0 Å². The number of hydrogen-bond acceptors (Lipinski definition) is 1. The zero-order chi connectivity index (χ0) is 18.3. The molecule has 0 spiro atoms. The minimum Gasteiger partial charge on any atom is -0.378 e. The highest BCUT2D eigenvalue weighted by Gasteiger charge is 2.26. The molecule has 2 heteroatoms. The van der Waals surface area contributed by atoms with E-state index in [1.165, 1.54) is 44.8 Å². The minimum atomic E-state index is 0.977. The maximum Gasteiger partial charge on any atom is 0.199 e. The summed E-state index contributed by atoms with van der Waals surface area (Å²) >= 11 is 0. The van der Waals surface area contributed by atoms with Crippen LogP contribution in [-0.4, -0.2) is 38.5 Å². The van der Waals surface area contributed by atoms with E-state index in [1.54, 1.807) is 0 Å². The Kier molecular flexibility index (Phi) is 4.12. The topological polar surface area (TPSA) is 6.25 Å². The van der Waals surface area contributed by atoms with Crippen LogP contribution in [0.2, 0.25) is 0 Å². The summed E-state index contributed by atoms with van der Waals surface area (Å²) in [5.74, 6) is 0. The van der Waals surface area contributed by atoms with Crippen molar-refractivity contribution in [1.82, 2.24) is 0 Å². The van der Waals surface area contributed by atoms with E-state index in [-0.39, 0.29) is 0 Å². The van der Waals surface area contributed by atoms with Crippen LogP contribution < -0.4 is 4.90 Å². The van der Waals surface area contributed by atoms with Gasteiger partial charge < -0.3 is 4.90 Å². The maximum absolute atomic E-state index is 2.34. The van der Waals surface area contributed by atoms with Gasteiger partial charge in [-0.25, -0.2) is 4.58 Å². The highest BCUT2D eigenvalue weighted by molar-refractivity contribution is 6.06. The standard InChI is InChI=1S/C24H25N2/c1-25(2)20-10-12-22-18(15-20)14-19-16-21(26(3)4)11-13-23(19)24(22)17-8-6-5-7-9-17/h5-13,15-16H,14H2,1-4H3/q+1. The fraction of sp³-hybridized carbons (Fsp3) is 0.208. The van der Waals surface area contributed by atoms with E-state index in [0.717, 1.165) is 6.42 Å². The number of benzene rings is 2. The number of anilines is 1. The monoisotopic (exact) mass is 341 g/mol. The van der Waals surface area contributed by atoms with Crippen molar-refractivity contribution >= 4 is 17.0 Å². The zero-order valence-electron chi connectivity index (χ0n) is 16.0. The summed E-state index contributed by atoms with van der Waals surface area (Å²) in [6, 6.07) is 17.6. The molecule has 2 aliphatic carbocycles. The summed E-state index contributed by atoms with van der Waals surface area (Å²) in [7, 11) is 8.41. The second kappa shape index (κ2) is 6.45. The number of hydrogen-bond donors (Lipinski definition) is 0. The number of allylic oxidation sites excluding steroid dienone is 5. The third kappa shape index (κ3) is 2.82. The fourth-order valence-corrected chi connectivity index (χ4v) is 3.76. The highest BCUT2D eigenvalue weighted by atomic mass is 15.1. The zero-order valence-corrected chi connectivity index (χ0v) is 16.0.